The summed E-state index contributed by atoms with van der Waals surface area (Å²) in [7, 11) is 0. The topological polar surface area (TPSA) is 49.6 Å². The van der Waals surface area contributed by atoms with Gasteiger partial charge in [-0.15, -0.1) is 12.4 Å². The Labute approximate surface area is 110 Å². The zero-order valence-corrected chi connectivity index (χ0v) is 11.4. The maximum absolute atomic E-state index is 11.7. The van der Waals surface area contributed by atoms with Crippen LogP contribution in [0.1, 0.15) is 32.6 Å². The minimum absolute atomic E-state index is 0. The molecule has 1 aliphatic heterocycles. The van der Waals surface area contributed by atoms with Crippen molar-refractivity contribution in [3.05, 3.63) is 0 Å². The molecule has 0 radical (unpaired) electrons. The molecule has 0 spiro atoms. The van der Waals surface area contributed by atoms with Crippen LogP contribution in [0.2, 0.25) is 0 Å². The van der Waals surface area contributed by atoms with Crippen LogP contribution < -0.4 is 5.73 Å². The molecule has 2 aliphatic rings. The third kappa shape index (κ3) is 3.57. The van der Waals surface area contributed by atoms with E-state index in [0.717, 1.165) is 32.2 Å². The highest BCUT2D eigenvalue weighted by Gasteiger charge is 2.28. The van der Waals surface area contributed by atoms with Crippen molar-refractivity contribution in [2.75, 3.05) is 26.2 Å². The van der Waals surface area contributed by atoms with Crippen LogP contribution in [0, 0.1) is 0 Å². The van der Waals surface area contributed by atoms with E-state index in [9.17, 15) is 4.79 Å². The molecule has 1 heterocycles. The molecule has 2 rings (SSSR count). The summed E-state index contributed by atoms with van der Waals surface area (Å²) in [5.74, 6) is 0.103. The second-order valence-corrected chi connectivity index (χ2v) is 5.09. The Morgan fingerprint density at radius 2 is 1.71 bits per heavy atom. The highest BCUT2D eigenvalue weighted by atomic mass is 35.5. The molecule has 1 unspecified atom stereocenters. The fourth-order valence-corrected chi connectivity index (χ4v) is 2.86. The summed E-state index contributed by atoms with van der Waals surface area (Å²) in [6.07, 6.45) is 5.45. The van der Waals surface area contributed by atoms with E-state index in [-0.39, 0.29) is 24.4 Å². The van der Waals surface area contributed by atoms with Crippen molar-refractivity contribution in [1.29, 1.82) is 0 Å². The number of carbonyl (C=O) groups excluding carboxylic acids is 1. The molecular weight excluding hydrogens is 238 g/mol. The van der Waals surface area contributed by atoms with E-state index in [1.54, 1.807) is 6.92 Å². The summed E-state index contributed by atoms with van der Waals surface area (Å²) >= 11 is 0. The molecule has 2 fully saturated rings. The molecule has 1 amide bonds. The number of nitrogens with zero attached hydrogens (tertiary/aromatic N) is 2. The Hall–Kier alpha value is -0.320. The van der Waals surface area contributed by atoms with E-state index >= 15 is 0 Å². The van der Waals surface area contributed by atoms with Crippen LogP contribution >= 0.6 is 12.4 Å². The summed E-state index contributed by atoms with van der Waals surface area (Å²) in [5, 5.41) is 0. The number of hydrogen-bond acceptors (Lipinski definition) is 3. The van der Waals surface area contributed by atoms with E-state index in [0.29, 0.717) is 0 Å². The summed E-state index contributed by atoms with van der Waals surface area (Å²) < 4.78 is 0. The van der Waals surface area contributed by atoms with Gasteiger partial charge < -0.3 is 10.6 Å². The fourth-order valence-electron chi connectivity index (χ4n) is 2.86. The molecule has 0 bridgehead atoms. The van der Waals surface area contributed by atoms with Gasteiger partial charge in [0, 0.05) is 32.2 Å². The number of hydrogen-bond donors (Lipinski definition) is 1. The first-order valence-electron chi connectivity index (χ1n) is 6.47. The van der Waals surface area contributed by atoms with E-state index in [1.165, 1.54) is 25.7 Å². The van der Waals surface area contributed by atoms with Crippen molar-refractivity contribution in [3.63, 3.8) is 0 Å². The van der Waals surface area contributed by atoms with Gasteiger partial charge in [0.2, 0.25) is 5.91 Å². The van der Waals surface area contributed by atoms with Crippen LogP contribution in [0.5, 0.6) is 0 Å². The van der Waals surface area contributed by atoms with Crippen LogP contribution in [0.25, 0.3) is 0 Å². The van der Waals surface area contributed by atoms with Crippen LogP contribution in [0.4, 0.5) is 0 Å². The number of carbonyl (C=O) groups is 1. The van der Waals surface area contributed by atoms with Gasteiger partial charge in [-0.25, -0.2) is 0 Å². The molecule has 4 nitrogen and oxygen atoms in total. The number of piperazine rings is 1. The van der Waals surface area contributed by atoms with E-state index < -0.39 is 0 Å². The molecule has 0 aromatic rings. The summed E-state index contributed by atoms with van der Waals surface area (Å²) in [5.41, 5.74) is 5.62. The summed E-state index contributed by atoms with van der Waals surface area (Å²) in [6, 6.07) is 0.436. The van der Waals surface area contributed by atoms with E-state index in [4.69, 9.17) is 5.73 Å². The standard InChI is InChI=1S/C12H23N3O.ClH/c1-10(13)12(16)15-8-6-14(7-9-15)11-4-2-3-5-11;/h10-11H,2-9,13H2,1H3;1H. The first-order chi connectivity index (χ1) is 7.68. The summed E-state index contributed by atoms with van der Waals surface area (Å²) in [4.78, 5) is 16.2. The second kappa shape index (κ2) is 6.57. The molecule has 1 atom stereocenters. The summed E-state index contributed by atoms with van der Waals surface area (Å²) in [6.45, 7) is 5.55. The normalized spacial score (nSPS) is 24.5. The molecule has 100 valence electrons. The Morgan fingerprint density at radius 3 is 2.18 bits per heavy atom. The molecular formula is C12H24ClN3O. The monoisotopic (exact) mass is 261 g/mol. The predicted octanol–water partition coefficient (Wildman–Crippen LogP) is 0.842. The fraction of sp³-hybridized carbons (Fsp3) is 0.917. The zero-order valence-electron chi connectivity index (χ0n) is 10.6. The average Bonchev–Trinajstić information content (AvgIpc) is 2.81. The molecule has 2 N–H and O–H groups in total. The van der Waals surface area contributed by atoms with Crippen LogP contribution in [-0.4, -0.2) is 54.0 Å². The molecule has 17 heavy (non-hydrogen) atoms. The highest BCUT2D eigenvalue weighted by molar-refractivity contribution is 5.85. The first kappa shape index (κ1) is 14.7. The van der Waals surface area contributed by atoms with Gasteiger partial charge in [-0.3, -0.25) is 9.69 Å². The molecule has 0 aromatic heterocycles. The maximum atomic E-state index is 11.7. The Bertz CT molecular complexity index is 246. The number of halogens is 1. The molecule has 1 saturated carbocycles. The molecule has 0 aromatic carbocycles. The van der Waals surface area contributed by atoms with Gasteiger partial charge in [0.1, 0.15) is 0 Å². The van der Waals surface area contributed by atoms with Gasteiger partial charge in [-0.05, 0) is 19.8 Å². The van der Waals surface area contributed by atoms with Gasteiger partial charge in [0.25, 0.3) is 0 Å². The molecule has 5 heteroatoms. The van der Waals surface area contributed by atoms with E-state index in [2.05, 4.69) is 4.90 Å². The Balaban J connectivity index is 0.00000144. The lowest BCUT2D eigenvalue weighted by atomic mass is 10.1. The van der Waals surface area contributed by atoms with Crippen molar-refractivity contribution < 1.29 is 4.79 Å². The minimum Gasteiger partial charge on any atom is -0.339 e. The number of rotatable bonds is 2. The van der Waals surface area contributed by atoms with Crippen molar-refractivity contribution in [1.82, 2.24) is 9.80 Å². The van der Waals surface area contributed by atoms with Gasteiger partial charge in [-0.2, -0.15) is 0 Å². The minimum atomic E-state index is -0.349. The van der Waals surface area contributed by atoms with Crippen LogP contribution in [0.15, 0.2) is 0 Å². The van der Waals surface area contributed by atoms with Gasteiger partial charge in [-0.1, -0.05) is 12.8 Å². The Morgan fingerprint density at radius 1 is 1.18 bits per heavy atom. The van der Waals surface area contributed by atoms with Gasteiger partial charge in [0.15, 0.2) is 0 Å². The second-order valence-electron chi connectivity index (χ2n) is 5.09. The third-order valence-electron chi connectivity index (χ3n) is 3.86. The predicted molar refractivity (Wildman–Crippen MR) is 71.3 cm³/mol. The van der Waals surface area contributed by atoms with Crippen molar-refractivity contribution in [2.24, 2.45) is 5.73 Å². The van der Waals surface area contributed by atoms with Crippen molar-refractivity contribution in [3.8, 4) is 0 Å². The largest absolute Gasteiger partial charge is 0.339 e. The Kier molecular flexibility index (Phi) is 5.70. The lowest BCUT2D eigenvalue weighted by Gasteiger charge is -2.38. The lowest BCUT2D eigenvalue weighted by Crippen LogP contribution is -2.54. The first-order valence-corrected chi connectivity index (χ1v) is 6.47. The smallest absolute Gasteiger partial charge is 0.239 e. The van der Waals surface area contributed by atoms with Gasteiger partial charge in [0.05, 0.1) is 6.04 Å². The van der Waals surface area contributed by atoms with E-state index in [1.807, 2.05) is 4.90 Å². The molecule has 1 aliphatic carbocycles. The van der Waals surface area contributed by atoms with Crippen molar-refractivity contribution in [2.45, 2.75) is 44.7 Å². The zero-order chi connectivity index (χ0) is 11.5. The van der Waals surface area contributed by atoms with Gasteiger partial charge >= 0.3 is 0 Å². The SMILES string of the molecule is CC(N)C(=O)N1CCN(C2CCCC2)CC1.Cl. The van der Waals surface area contributed by atoms with Crippen LogP contribution in [0.3, 0.4) is 0 Å². The molecule has 1 saturated heterocycles. The number of nitrogens with two attached hydrogens (primary N) is 1. The van der Waals surface area contributed by atoms with Crippen LogP contribution in [-0.2, 0) is 4.79 Å². The maximum Gasteiger partial charge on any atom is 0.239 e. The average molecular weight is 262 g/mol. The highest BCUT2D eigenvalue weighted by Crippen LogP contribution is 2.24. The van der Waals surface area contributed by atoms with Crippen molar-refractivity contribution >= 4 is 18.3 Å². The third-order valence-corrected chi connectivity index (χ3v) is 3.86. The lowest BCUT2D eigenvalue weighted by molar-refractivity contribution is -0.134. The quantitative estimate of drug-likeness (QED) is 0.802. The number of amides is 1.